The van der Waals surface area contributed by atoms with Gasteiger partial charge >= 0.3 is 5.97 Å². The lowest BCUT2D eigenvalue weighted by Crippen LogP contribution is -2.45. The summed E-state index contributed by atoms with van der Waals surface area (Å²) in [6.45, 7) is 7.11. The number of nitrogens with one attached hydrogen (secondary N) is 3. The summed E-state index contributed by atoms with van der Waals surface area (Å²) >= 11 is 12.9. The first-order chi connectivity index (χ1) is 37.8. The minimum Gasteiger partial charge on any atom is -0.478 e. The largest absolute Gasteiger partial charge is 0.478 e. The number of carbonyl (C=O) groups is 4. The number of amides is 3. The molecule has 2 saturated heterocycles. The van der Waals surface area contributed by atoms with Crippen LogP contribution < -0.4 is 27.4 Å². The van der Waals surface area contributed by atoms with Gasteiger partial charge in [-0.05, 0) is 183 Å². The smallest absolute Gasteiger partial charge is 0.335 e. The molecule has 3 amide bonds. The van der Waals surface area contributed by atoms with Crippen LogP contribution in [0.15, 0.2) is 143 Å². The first-order valence-corrected chi connectivity index (χ1v) is 26.2. The normalized spacial score (nSPS) is 14.6. The summed E-state index contributed by atoms with van der Waals surface area (Å²) in [5.74, 6) is 0.378. The topological polar surface area (TPSA) is 272 Å². The van der Waals surface area contributed by atoms with Gasteiger partial charge in [0.2, 0.25) is 11.8 Å². The second-order valence-electron chi connectivity index (χ2n) is 19.8. The van der Waals surface area contributed by atoms with Crippen molar-refractivity contribution in [1.82, 2.24) is 30.8 Å². The average molecular weight is 1120 g/mol. The molecule has 2 aliphatic rings. The molecule has 0 unspecified atom stereocenters. The maximum atomic E-state index is 12.9. The zero-order valence-electron chi connectivity index (χ0n) is 43.5. The van der Waals surface area contributed by atoms with Crippen LogP contribution in [0, 0.1) is 0 Å². The Bertz CT molecular complexity index is 3500. The third-order valence-corrected chi connectivity index (χ3v) is 13.9. The van der Waals surface area contributed by atoms with E-state index < -0.39 is 11.6 Å². The number of furan rings is 2. The predicted molar refractivity (Wildman–Crippen MR) is 315 cm³/mol. The van der Waals surface area contributed by atoms with E-state index in [4.69, 9.17) is 48.6 Å². The summed E-state index contributed by atoms with van der Waals surface area (Å²) in [5, 5.41) is 39.7. The maximum Gasteiger partial charge on any atom is 0.335 e. The van der Waals surface area contributed by atoms with Crippen LogP contribution in [0.1, 0.15) is 90.3 Å². The summed E-state index contributed by atoms with van der Waals surface area (Å²) < 4.78 is 11.7. The molecule has 6 heterocycles. The van der Waals surface area contributed by atoms with E-state index in [9.17, 15) is 29.4 Å². The molecule has 4 aromatic heterocycles. The summed E-state index contributed by atoms with van der Waals surface area (Å²) in [4.78, 5) is 58.0. The molecule has 0 saturated carbocycles. The van der Waals surface area contributed by atoms with Gasteiger partial charge in [-0.3, -0.25) is 14.4 Å². The SMILES string of the molecule is C.CC1(O)CCN(C(=O)c2ccc(-c3cc(Cl)c4oc(CNC(=O)/C=C/c5ccc(N)nc5)cc4c3)cc2)CC1.CC1(O)CCNCC1.Nc1ccc(/C=C/C(=O)NCc2cc3cc(-c4ccc(C(=O)O)cc4)cc(Cl)c3o2)cn1. The van der Waals surface area contributed by atoms with E-state index in [0.717, 1.165) is 70.1 Å². The number of carboxylic acid groups (broad SMARTS) is 1. The second kappa shape index (κ2) is 26.6. The van der Waals surface area contributed by atoms with E-state index in [0.29, 0.717) is 75.9 Å². The molecule has 4 aromatic carbocycles. The van der Waals surface area contributed by atoms with Crippen molar-refractivity contribution in [3.63, 3.8) is 0 Å². The zero-order valence-corrected chi connectivity index (χ0v) is 45.0. The number of hydrogen-bond acceptors (Lipinski definition) is 13. The molecule has 0 bridgehead atoms. The molecule has 0 aliphatic carbocycles. The molecule has 0 atom stereocenters. The molecule has 0 spiro atoms. The van der Waals surface area contributed by atoms with Gasteiger partial charge in [-0.2, -0.15) is 0 Å². The van der Waals surface area contributed by atoms with Crippen molar-refractivity contribution in [2.45, 2.75) is 71.2 Å². The van der Waals surface area contributed by atoms with Crippen molar-refractivity contribution >= 4 is 92.6 Å². The first-order valence-electron chi connectivity index (χ1n) is 25.4. The summed E-state index contributed by atoms with van der Waals surface area (Å²) in [5.41, 5.74) is 16.9. The molecular weight excluding hydrogens is 1060 g/mol. The van der Waals surface area contributed by atoms with Crippen LogP contribution in [0.3, 0.4) is 0 Å². The molecule has 80 heavy (non-hydrogen) atoms. The van der Waals surface area contributed by atoms with E-state index in [1.807, 2.05) is 68.4 Å². The van der Waals surface area contributed by atoms with Gasteiger partial charge in [0.1, 0.15) is 23.2 Å². The number of rotatable bonds is 12. The Labute approximate surface area is 473 Å². The van der Waals surface area contributed by atoms with E-state index in [1.165, 1.54) is 12.2 Å². The van der Waals surface area contributed by atoms with Gasteiger partial charge in [0, 0.05) is 54.0 Å². The fourth-order valence-corrected chi connectivity index (χ4v) is 9.16. The Balaban J connectivity index is 0.000000203. The minimum absolute atomic E-state index is 0. The highest BCUT2D eigenvalue weighted by molar-refractivity contribution is 6.35. The minimum atomic E-state index is -0.980. The number of anilines is 2. The van der Waals surface area contributed by atoms with Crippen molar-refractivity contribution in [2.75, 3.05) is 37.6 Å². The average Bonchev–Trinajstić information content (AvgIpc) is 4.10. The molecule has 19 heteroatoms. The number of aromatic nitrogens is 2. The van der Waals surface area contributed by atoms with Gasteiger partial charge in [-0.25, -0.2) is 14.8 Å². The van der Waals surface area contributed by atoms with Gasteiger partial charge in [0.15, 0.2) is 11.2 Å². The van der Waals surface area contributed by atoms with E-state index in [2.05, 4.69) is 25.9 Å². The van der Waals surface area contributed by atoms with Gasteiger partial charge in [-0.15, -0.1) is 0 Å². The number of hydrogen-bond donors (Lipinski definition) is 8. The highest BCUT2D eigenvalue weighted by atomic mass is 35.5. The Hall–Kier alpha value is -8.32. The monoisotopic (exact) mass is 1120 g/mol. The van der Waals surface area contributed by atoms with Crippen molar-refractivity contribution < 1.29 is 43.3 Å². The third-order valence-electron chi connectivity index (χ3n) is 13.3. The van der Waals surface area contributed by atoms with Crippen molar-refractivity contribution in [1.29, 1.82) is 0 Å². The number of halogens is 2. The Morgan fingerprint density at radius 3 is 1.44 bits per heavy atom. The molecule has 2 aliphatic heterocycles. The van der Waals surface area contributed by atoms with E-state index in [-0.39, 0.29) is 49.4 Å². The number of nitrogen functional groups attached to an aromatic ring is 2. The maximum absolute atomic E-state index is 12.9. The number of benzene rings is 4. The number of nitrogens with two attached hydrogens (primary N) is 2. The molecule has 416 valence electrons. The van der Waals surface area contributed by atoms with Crippen LogP contribution in [-0.2, 0) is 22.7 Å². The highest BCUT2D eigenvalue weighted by Crippen LogP contribution is 2.35. The van der Waals surface area contributed by atoms with Crippen molar-refractivity contribution in [3.05, 3.63) is 178 Å². The van der Waals surface area contributed by atoms with Crippen LogP contribution in [0.5, 0.6) is 0 Å². The zero-order chi connectivity index (χ0) is 56.3. The molecule has 17 nitrogen and oxygen atoms in total. The fourth-order valence-electron chi connectivity index (χ4n) is 8.63. The predicted octanol–water partition coefficient (Wildman–Crippen LogP) is 10.6. The van der Waals surface area contributed by atoms with E-state index >= 15 is 0 Å². The third kappa shape index (κ3) is 16.4. The van der Waals surface area contributed by atoms with Crippen LogP contribution >= 0.6 is 23.2 Å². The first kappa shape index (κ1) is 59.3. The van der Waals surface area contributed by atoms with E-state index in [1.54, 1.807) is 84.0 Å². The van der Waals surface area contributed by atoms with Crippen LogP contribution in [0.25, 0.3) is 56.3 Å². The number of likely N-dealkylation sites (tertiary alicyclic amines) is 1. The lowest BCUT2D eigenvalue weighted by Gasteiger charge is -2.35. The number of carbonyl (C=O) groups excluding carboxylic acids is 3. The van der Waals surface area contributed by atoms with Crippen molar-refractivity contribution in [3.8, 4) is 22.3 Å². The molecule has 0 radical (unpaired) electrons. The highest BCUT2D eigenvalue weighted by Gasteiger charge is 2.30. The Morgan fingerprint density at radius 2 is 1.05 bits per heavy atom. The number of carboxylic acids is 1. The summed E-state index contributed by atoms with van der Waals surface area (Å²) in [7, 11) is 0. The van der Waals surface area contributed by atoms with Gasteiger partial charge in [0.25, 0.3) is 5.91 Å². The quantitative estimate of drug-likeness (QED) is 0.0529. The number of pyridine rings is 2. The Kier molecular flexibility index (Phi) is 19.7. The molecule has 2 fully saturated rings. The van der Waals surface area contributed by atoms with Crippen LogP contribution in [-0.4, -0.2) is 91.3 Å². The molecule has 10 rings (SSSR count). The molecule has 8 aromatic rings. The van der Waals surface area contributed by atoms with Crippen molar-refractivity contribution in [2.24, 2.45) is 0 Å². The summed E-state index contributed by atoms with van der Waals surface area (Å²) in [6, 6.07) is 31.9. The fraction of sp³-hybridized carbons (Fsp3) is 0.246. The summed E-state index contributed by atoms with van der Waals surface area (Å²) in [6.07, 6.45) is 12.2. The second-order valence-corrected chi connectivity index (χ2v) is 20.6. The molecular formula is C61H64Cl2N8O9. The van der Waals surface area contributed by atoms with Gasteiger partial charge in [-0.1, -0.05) is 54.9 Å². The molecule has 10 N–H and O–H groups in total. The van der Waals surface area contributed by atoms with Crippen LogP contribution in [0.2, 0.25) is 10.0 Å². The number of aliphatic hydroxyl groups is 2. The number of aromatic carboxylic acids is 1. The lowest BCUT2D eigenvalue weighted by atomic mass is 9.93. The standard InChI is InChI=1S/C30H29ClN4O4.C24H18ClN3O4.C6H13NO.CH4/c1-30(38)10-12-35(13-11-30)29(37)21-6-4-20(5-7-21)22-14-23-15-24(39-28(23)25(31)16-22)18-34-27(36)9-3-19-2-8-26(32)33-17-19;25-20-11-17(15-3-5-16(6-4-15)24(30)31)9-18-10-19(32-23(18)20)13-28-22(29)8-2-14-1-7-21(26)27-12-14;1-6(8)2-4-7-5-3-6;/h2-9,14-17,38H,10-13,18H2,1H3,(H2,32,33)(H,34,36);1-12H,13H2,(H2,26,27)(H,28,29)(H,30,31);7-8H,2-5H2,1H3;1H4/b9-3+;8-2+;;. The van der Waals surface area contributed by atoms with Crippen LogP contribution in [0.4, 0.5) is 11.6 Å². The lowest BCUT2D eigenvalue weighted by molar-refractivity contribution is -0.117. The van der Waals surface area contributed by atoms with Gasteiger partial charge in [0.05, 0.1) is 39.9 Å². The van der Waals surface area contributed by atoms with Gasteiger partial charge < -0.3 is 56.5 Å². The number of fused-ring (bicyclic) bond motifs is 2. The number of nitrogens with zero attached hydrogens (tertiary/aromatic N) is 3. The Morgan fingerprint density at radius 1 is 0.625 bits per heavy atom. The number of piperidine rings is 2.